The van der Waals surface area contributed by atoms with Crippen LogP contribution in [0.25, 0.3) is 0 Å². The van der Waals surface area contributed by atoms with Crippen molar-refractivity contribution in [2.24, 2.45) is 15.8 Å². The van der Waals surface area contributed by atoms with Gasteiger partial charge in [-0.1, -0.05) is 24.8 Å². The SMILES string of the molecule is CCCCCN1C(=O)C2C(=NC3=[N+]2CC(C)=NN3CC(N)=O)N(C)C1=O. The molecule has 1 atom stereocenters. The third-order valence-electron chi connectivity index (χ3n) is 4.60. The number of primary amides is 1. The minimum Gasteiger partial charge on any atom is -0.367 e. The first-order valence-corrected chi connectivity index (χ1v) is 8.76. The summed E-state index contributed by atoms with van der Waals surface area (Å²) >= 11 is 0. The van der Waals surface area contributed by atoms with E-state index in [0.29, 0.717) is 24.9 Å². The number of carbonyl (C=O) groups excluding carboxylic acids is 3. The van der Waals surface area contributed by atoms with Crippen LogP contribution in [-0.2, 0) is 9.59 Å². The second-order valence-electron chi connectivity index (χ2n) is 6.70. The smallest absolute Gasteiger partial charge is 0.367 e. The van der Waals surface area contributed by atoms with E-state index in [-0.39, 0.29) is 18.5 Å². The van der Waals surface area contributed by atoms with Gasteiger partial charge in [0.15, 0.2) is 6.54 Å². The molecule has 0 saturated carbocycles. The molecule has 3 aliphatic rings. The molecule has 0 aromatic rings. The number of guanidine groups is 1. The van der Waals surface area contributed by atoms with Crippen molar-refractivity contribution in [1.82, 2.24) is 14.8 Å². The fourth-order valence-electron chi connectivity index (χ4n) is 3.38. The summed E-state index contributed by atoms with van der Waals surface area (Å²) < 4.78 is 1.78. The molecule has 0 aromatic heterocycles. The van der Waals surface area contributed by atoms with Crippen LogP contribution in [0.5, 0.6) is 0 Å². The molecule has 3 heterocycles. The van der Waals surface area contributed by atoms with Crippen LogP contribution in [0, 0.1) is 0 Å². The van der Waals surface area contributed by atoms with Crippen LogP contribution in [0.3, 0.4) is 0 Å². The summed E-state index contributed by atoms with van der Waals surface area (Å²) in [6, 6.07) is -1.06. The first-order chi connectivity index (χ1) is 12.3. The van der Waals surface area contributed by atoms with E-state index in [0.717, 1.165) is 25.0 Å². The lowest BCUT2D eigenvalue weighted by Gasteiger charge is -2.34. The molecule has 2 N–H and O–H groups in total. The van der Waals surface area contributed by atoms with Crippen LogP contribution in [0.15, 0.2) is 10.1 Å². The van der Waals surface area contributed by atoms with Crippen molar-refractivity contribution in [2.75, 3.05) is 26.7 Å². The number of rotatable bonds is 6. The van der Waals surface area contributed by atoms with Crippen molar-refractivity contribution in [2.45, 2.75) is 39.2 Å². The Morgan fingerprint density at radius 2 is 2.08 bits per heavy atom. The van der Waals surface area contributed by atoms with Crippen LogP contribution >= 0.6 is 0 Å². The number of amides is 4. The summed E-state index contributed by atoms with van der Waals surface area (Å²) in [5.74, 6) is -0.103. The highest BCUT2D eigenvalue weighted by molar-refractivity contribution is 6.23. The number of hydrazone groups is 1. The van der Waals surface area contributed by atoms with Crippen molar-refractivity contribution in [3.63, 3.8) is 0 Å². The molecule has 1 unspecified atom stereocenters. The molecule has 1 saturated heterocycles. The lowest BCUT2D eigenvalue weighted by atomic mass is 10.1. The summed E-state index contributed by atoms with van der Waals surface area (Å²) in [7, 11) is 1.61. The first-order valence-electron chi connectivity index (χ1n) is 8.76. The molecule has 0 spiro atoms. The van der Waals surface area contributed by atoms with E-state index in [2.05, 4.69) is 17.0 Å². The molecule has 0 radical (unpaired) electrons. The number of amidine groups is 1. The number of unbranched alkanes of at least 4 members (excludes halogenated alkanes) is 2. The Morgan fingerprint density at radius 1 is 1.35 bits per heavy atom. The lowest BCUT2D eigenvalue weighted by molar-refractivity contribution is -0.527. The Kier molecular flexibility index (Phi) is 4.75. The zero-order valence-electron chi connectivity index (χ0n) is 15.3. The molecule has 0 bridgehead atoms. The normalized spacial score (nSPS) is 22.4. The predicted octanol–water partition coefficient (Wildman–Crippen LogP) is -0.603. The Labute approximate surface area is 151 Å². The average molecular weight is 362 g/mol. The molecule has 10 nitrogen and oxygen atoms in total. The van der Waals surface area contributed by atoms with Gasteiger partial charge >= 0.3 is 12.0 Å². The van der Waals surface area contributed by atoms with Gasteiger partial charge in [-0.25, -0.2) is 9.37 Å². The molecule has 0 aromatic carbocycles. The van der Waals surface area contributed by atoms with Crippen LogP contribution in [0.4, 0.5) is 4.79 Å². The highest BCUT2D eigenvalue weighted by atomic mass is 16.2. The second kappa shape index (κ2) is 6.85. The molecule has 1 fully saturated rings. The minimum atomic E-state index is -0.685. The highest BCUT2D eigenvalue weighted by Crippen LogP contribution is 2.23. The van der Waals surface area contributed by atoms with Gasteiger partial charge in [-0.15, -0.1) is 10.1 Å². The number of hydrogen-bond donors (Lipinski definition) is 1. The molecule has 10 heteroatoms. The van der Waals surface area contributed by atoms with Gasteiger partial charge in [0.1, 0.15) is 6.54 Å². The van der Waals surface area contributed by atoms with Gasteiger partial charge in [0.2, 0.25) is 11.9 Å². The van der Waals surface area contributed by atoms with Crippen molar-refractivity contribution in [3.05, 3.63) is 0 Å². The summed E-state index contributed by atoms with van der Waals surface area (Å²) in [4.78, 5) is 44.1. The average Bonchev–Trinajstić information content (AvgIpc) is 2.95. The van der Waals surface area contributed by atoms with Crippen molar-refractivity contribution >= 4 is 35.4 Å². The van der Waals surface area contributed by atoms with Gasteiger partial charge in [0.05, 0.1) is 5.71 Å². The van der Waals surface area contributed by atoms with Gasteiger partial charge in [-0.05, 0) is 13.3 Å². The lowest BCUT2D eigenvalue weighted by Crippen LogP contribution is -2.63. The molecule has 26 heavy (non-hydrogen) atoms. The van der Waals surface area contributed by atoms with Crippen LogP contribution in [0.1, 0.15) is 33.1 Å². The van der Waals surface area contributed by atoms with E-state index in [1.54, 1.807) is 11.6 Å². The molecule has 140 valence electrons. The molecular formula is C16H24N7O3+. The van der Waals surface area contributed by atoms with Gasteiger partial charge in [0, 0.05) is 13.6 Å². The van der Waals surface area contributed by atoms with Crippen molar-refractivity contribution < 1.29 is 19.0 Å². The third-order valence-corrected chi connectivity index (χ3v) is 4.60. The number of aliphatic imine (C=N–C) groups is 1. The van der Waals surface area contributed by atoms with E-state index in [1.807, 2.05) is 6.92 Å². The van der Waals surface area contributed by atoms with Crippen molar-refractivity contribution in [1.29, 1.82) is 0 Å². The zero-order chi connectivity index (χ0) is 19.0. The van der Waals surface area contributed by atoms with Gasteiger partial charge in [0.25, 0.3) is 11.8 Å². The number of carbonyl (C=O) groups is 3. The number of fused-ring (bicyclic) bond motifs is 2. The van der Waals surface area contributed by atoms with Gasteiger partial charge in [-0.3, -0.25) is 19.4 Å². The van der Waals surface area contributed by atoms with Crippen LogP contribution < -0.4 is 5.73 Å². The molecule has 3 aliphatic heterocycles. The fraction of sp³-hybridized carbons (Fsp3) is 0.625. The van der Waals surface area contributed by atoms with E-state index >= 15 is 0 Å². The quantitative estimate of drug-likeness (QED) is 0.502. The first kappa shape index (κ1) is 18.0. The Balaban J connectivity index is 1.93. The number of nitrogens with zero attached hydrogens (tertiary/aromatic N) is 6. The third kappa shape index (κ3) is 2.95. The highest BCUT2D eigenvalue weighted by Gasteiger charge is 2.54. The van der Waals surface area contributed by atoms with Gasteiger partial charge < -0.3 is 5.73 Å². The number of urea groups is 1. The summed E-state index contributed by atoms with van der Waals surface area (Å²) in [5.41, 5.74) is 6.03. The minimum absolute atomic E-state index is 0.140. The summed E-state index contributed by atoms with van der Waals surface area (Å²) in [5, 5.41) is 5.70. The Bertz CT molecular complexity index is 755. The predicted molar refractivity (Wildman–Crippen MR) is 94.8 cm³/mol. The standard InChI is InChI=1S/C16H23N7O3/c1-4-5-6-7-21-14(25)12-13(20(3)16(21)26)18-15-22(12)8-10(2)19-23(15)9-11(17)24/h12H,4-9H2,1-3H3,(H-,17,24)/p+1. The maximum Gasteiger partial charge on any atom is 0.417 e. The number of hydrogen-bond acceptors (Lipinski definition) is 6. The van der Waals surface area contributed by atoms with Crippen molar-refractivity contribution in [3.8, 4) is 0 Å². The number of nitrogens with two attached hydrogens (primary N) is 1. The topological polar surface area (TPSA) is 115 Å². The summed E-state index contributed by atoms with van der Waals surface area (Å²) in [6.45, 7) is 4.53. The van der Waals surface area contributed by atoms with Crippen LogP contribution in [0.2, 0.25) is 0 Å². The largest absolute Gasteiger partial charge is 0.417 e. The van der Waals surface area contributed by atoms with E-state index in [9.17, 15) is 14.4 Å². The maximum atomic E-state index is 13.0. The van der Waals surface area contributed by atoms with E-state index in [1.165, 1.54) is 14.8 Å². The fourth-order valence-corrected chi connectivity index (χ4v) is 3.38. The van der Waals surface area contributed by atoms with E-state index in [4.69, 9.17) is 5.73 Å². The van der Waals surface area contributed by atoms with Gasteiger partial charge in [-0.2, -0.15) is 0 Å². The Hall–Kier alpha value is -2.78. The summed E-state index contributed by atoms with van der Waals surface area (Å²) in [6.07, 6.45) is 2.72. The number of likely N-dealkylation sites (N-methyl/N-ethyl adjacent to an activating group) is 1. The van der Waals surface area contributed by atoms with E-state index < -0.39 is 11.9 Å². The zero-order valence-corrected chi connectivity index (χ0v) is 15.3. The second-order valence-corrected chi connectivity index (χ2v) is 6.70. The maximum absolute atomic E-state index is 13.0. The molecular weight excluding hydrogens is 338 g/mol. The number of imide groups is 1. The molecule has 0 aliphatic carbocycles. The monoisotopic (exact) mass is 362 g/mol. The van der Waals surface area contributed by atoms with Crippen LogP contribution in [-0.4, -0.2) is 87.5 Å². The molecule has 3 rings (SSSR count). The molecule has 4 amide bonds. The Morgan fingerprint density at radius 3 is 2.73 bits per heavy atom.